The number of ether oxygens (including phenoxy) is 1. The Hall–Kier alpha value is -0.940. The molecule has 2 atom stereocenters. The average molecular weight is 250 g/mol. The van der Waals surface area contributed by atoms with Gasteiger partial charge in [0, 0.05) is 6.61 Å². The van der Waals surface area contributed by atoms with Crippen LogP contribution in [0.4, 0.5) is 0 Å². The molecule has 2 heterocycles. The van der Waals surface area contributed by atoms with Crippen LogP contribution in [0.2, 0.25) is 0 Å². The summed E-state index contributed by atoms with van der Waals surface area (Å²) >= 11 is 0. The average Bonchev–Trinajstić information content (AvgIpc) is 2.93. The van der Waals surface area contributed by atoms with E-state index in [4.69, 9.17) is 10.5 Å². The van der Waals surface area contributed by atoms with Crippen LogP contribution in [0.5, 0.6) is 0 Å². The summed E-state index contributed by atoms with van der Waals surface area (Å²) in [4.78, 5) is 4.19. The maximum absolute atomic E-state index is 6.31. The van der Waals surface area contributed by atoms with Gasteiger partial charge in [0.15, 0.2) is 0 Å². The van der Waals surface area contributed by atoms with Crippen molar-refractivity contribution in [3.05, 3.63) is 12.2 Å². The molecule has 1 aromatic heterocycles. The van der Waals surface area contributed by atoms with Gasteiger partial charge in [0.2, 0.25) is 0 Å². The normalized spacial score (nSPS) is 29.3. The summed E-state index contributed by atoms with van der Waals surface area (Å²) in [5.41, 5.74) is 6.42. The van der Waals surface area contributed by atoms with Crippen LogP contribution in [-0.2, 0) is 4.74 Å². The van der Waals surface area contributed by atoms with Crippen molar-refractivity contribution < 1.29 is 4.74 Å². The minimum Gasteiger partial charge on any atom is -0.375 e. The Kier molecular flexibility index (Phi) is 3.35. The van der Waals surface area contributed by atoms with Gasteiger partial charge in [0.05, 0.1) is 11.6 Å². The van der Waals surface area contributed by atoms with Gasteiger partial charge in [-0.3, -0.25) is 5.10 Å². The monoisotopic (exact) mass is 250 g/mol. The highest BCUT2D eigenvalue weighted by Crippen LogP contribution is 2.43. The molecular formula is C13H22N4O. The van der Waals surface area contributed by atoms with Crippen LogP contribution in [0, 0.1) is 5.92 Å². The van der Waals surface area contributed by atoms with Crippen LogP contribution in [0.3, 0.4) is 0 Å². The first kappa shape index (κ1) is 12.1. The molecule has 0 aromatic carbocycles. The van der Waals surface area contributed by atoms with E-state index in [0.717, 1.165) is 25.3 Å². The van der Waals surface area contributed by atoms with E-state index in [9.17, 15) is 0 Å². The van der Waals surface area contributed by atoms with Crippen molar-refractivity contribution in [1.82, 2.24) is 15.2 Å². The molecule has 2 aliphatic rings. The Balaban J connectivity index is 1.70. The quantitative estimate of drug-likeness (QED) is 0.841. The third-order valence-electron chi connectivity index (χ3n) is 4.55. The second kappa shape index (κ2) is 4.97. The van der Waals surface area contributed by atoms with Gasteiger partial charge in [-0.15, -0.1) is 0 Å². The lowest BCUT2D eigenvalue weighted by Gasteiger charge is -2.44. The summed E-state index contributed by atoms with van der Waals surface area (Å²) < 4.78 is 6.10. The fourth-order valence-corrected chi connectivity index (χ4v) is 3.52. The zero-order valence-electron chi connectivity index (χ0n) is 10.8. The zero-order chi connectivity index (χ0) is 12.4. The van der Waals surface area contributed by atoms with E-state index in [2.05, 4.69) is 15.2 Å². The lowest BCUT2D eigenvalue weighted by atomic mass is 9.74. The SMILES string of the molecule is NC(c1ncn[nH]1)C1CCOC2(CCCCC2)C1. The maximum atomic E-state index is 6.31. The lowest BCUT2D eigenvalue weighted by molar-refractivity contribution is -0.120. The van der Waals surface area contributed by atoms with E-state index < -0.39 is 0 Å². The molecule has 2 unspecified atom stereocenters. The molecule has 5 heteroatoms. The van der Waals surface area contributed by atoms with Crippen LogP contribution < -0.4 is 5.73 Å². The summed E-state index contributed by atoms with van der Waals surface area (Å²) in [6, 6.07) is -0.0322. The van der Waals surface area contributed by atoms with E-state index >= 15 is 0 Å². The van der Waals surface area contributed by atoms with E-state index in [1.807, 2.05) is 0 Å². The first-order chi connectivity index (χ1) is 8.79. The zero-order valence-corrected chi connectivity index (χ0v) is 10.8. The third-order valence-corrected chi connectivity index (χ3v) is 4.55. The fourth-order valence-electron chi connectivity index (χ4n) is 3.52. The van der Waals surface area contributed by atoms with Crippen molar-refractivity contribution in [2.75, 3.05) is 6.61 Å². The molecular weight excluding hydrogens is 228 g/mol. The van der Waals surface area contributed by atoms with Crippen molar-refractivity contribution in [1.29, 1.82) is 0 Å². The van der Waals surface area contributed by atoms with Crippen LogP contribution >= 0.6 is 0 Å². The summed E-state index contributed by atoms with van der Waals surface area (Å²) in [7, 11) is 0. The van der Waals surface area contributed by atoms with Gasteiger partial charge in [-0.05, 0) is 31.6 Å². The molecule has 1 aliphatic carbocycles. The third kappa shape index (κ3) is 2.29. The predicted molar refractivity (Wildman–Crippen MR) is 67.8 cm³/mol. The van der Waals surface area contributed by atoms with Gasteiger partial charge in [-0.1, -0.05) is 19.3 Å². The highest BCUT2D eigenvalue weighted by molar-refractivity contribution is 4.98. The summed E-state index contributed by atoms with van der Waals surface area (Å²) in [5.74, 6) is 1.28. The number of nitrogens with zero attached hydrogens (tertiary/aromatic N) is 2. The molecule has 0 bridgehead atoms. The smallest absolute Gasteiger partial charge is 0.141 e. The lowest BCUT2D eigenvalue weighted by Crippen LogP contribution is -2.44. The molecule has 2 fully saturated rings. The Morgan fingerprint density at radius 2 is 2.22 bits per heavy atom. The standard InChI is InChI=1S/C13H22N4O/c14-11(12-15-9-16-17-12)10-4-7-18-13(8-10)5-2-1-3-6-13/h9-11H,1-8,14H2,(H,15,16,17). The molecule has 1 spiro atoms. The van der Waals surface area contributed by atoms with E-state index in [1.165, 1.54) is 38.4 Å². The molecule has 1 saturated heterocycles. The van der Waals surface area contributed by atoms with Gasteiger partial charge in [-0.25, -0.2) is 4.98 Å². The number of rotatable bonds is 2. The molecule has 3 rings (SSSR count). The van der Waals surface area contributed by atoms with E-state index in [-0.39, 0.29) is 11.6 Å². The molecule has 1 aliphatic heterocycles. The minimum atomic E-state index is -0.0322. The maximum Gasteiger partial charge on any atom is 0.141 e. The topological polar surface area (TPSA) is 76.8 Å². The fraction of sp³-hybridized carbons (Fsp3) is 0.846. The van der Waals surface area contributed by atoms with Crippen molar-refractivity contribution in [2.24, 2.45) is 11.7 Å². The number of H-pyrrole nitrogens is 1. The van der Waals surface area contributed by atoms with Crippen molar-refractivity contribution >= 4 is 0 Å². The van der Waals surface area contributed by atoms with Crippen LogP contribution in [0.25, 0.3) is 0 Å². The number of aromatic amines is 1. The minimum absolute atomic E-state index is 0.0322. The number of nitrogens with one attached hydrogen (secondary N) is 1. The molecule has 100 valence electrons. The van der Waals surface area contributed by atoms with Crippen LogP contribution in [0.15, 0.2) is 6.33 Å². The van der Waals surface area contributed by atoms with Gasteiger partial charge < -0.3 is 10.5 Å². The molecule has 18 heavy (non-hydrogen) atoms. The first-order valence-corrected chi connectivity index (χ1v) is 7.04. The van der Waals surface area contributed by atoms with Crippen LogP contribution in [0.1, 0.15) is 56.8 Å². The van der Waals surface area contributed by atoms with Gasteiger partial charge in [-0.2, -0.15) is 5.10 Å². The highest BCUT2D eigenvalue weighted by Gasteiger charge is 2.40. The summed E-state index contributed by atoms with van der Waals surface area (Å²) in [6.45, 7) is 0.840. The molecule has 5 nitrogen and oxygen atoms in total. The van der Waals surface area contributed by atoms with Gasteiger partial charge >= 0.3 is 0 Å². The number of aromatic nitrogens is 3. The Bertz CT molecular complexity index is 367. The molecule has 1 saturated carbocycles. The highest BCUT2D eigenvalue weighted by atomic mass is 16.5. The molecule has 1 aromatic rings. The summed E-state index contributed by atoms with van der Waals surface area (Å²) in [6.07, 6.45) is 9.99. The molecule has 3 N–H and O–H groups in total. The van der Waals surface area contributed by atoms with Gasteiger partial charge in [0.1, 0.15) is 12.2 Å². The Morgan fingerprint density at radius 1 is 1.39 bits per heavy atom. The number of nitrogens with two attached hydrogens (primary N) is 1. The molecule has 0 amide bonds. The van der Waals surface area contributed by atoms with Crippen LogP contribution in [-0.4, -0.2) is 27.4 Å². The first-order valence-electron chi connectivity index (χ1n) is 7.04. The van der Waals surface area contributed by atoms with E-state index in [0.29, 0.717) is 5.92 Å². The van der Waals surface area contributed by atoms with Gasteiger partial charge in [0.25, 0.3) is 0 Å². The predicted octanol–water partition coefficient (Wildman–Crippen LogP) is 1.93. The van der Waals surface area contributed by atoms with Crippen molar-refractivity contribution in [3.8, 4) is 0 Å². The molecule has 0 radical (unpaired) electrons. The second-order valence-electron chi connectivity index (χ2n) is 5.74. The largest absolute Gasteiger partial charge is 0.375 e. The Labute approximate surface area is 108 Å². The van der Waals surface area contributed by atoms with Crippen molar-refractivity contribution in [3.63, 3.8) is 0 Å². The number of hydrogen-bond acceptors (Lipinski definition) is 4. The van der Waals surface area contributed by atoms with E-state index in [1.54, 1.807) is 0 Å². The van der Waals surface area contributed by atoms with Crippen molar-refractivity contribution in [2.45, 2.75) is 56.6 Å². The Morgan fingerprint density at radius 3 is 2.94 bits per heavy atom. The second-order valence-corrected chi connectivity index (χ2v) is 5.74. The summed E-state index contributed by atoms with van der Waals surface area (Å²) in [5, 5.41) is 6.79. The number of hydrogen-bond donors (Lipinski definition) is 2.